The molecule has 19 heavy (non-hydrogen) atoms. The lowest BCUT2D eigenvalue weighted by atomic mass is 9.93. The summed E-state index contributed by atoms with van der Waals surface area (Å²) < 4.78 is 10.2. The highest BCUT2D eigenvalue weighted by molar-refractivity contribution is 5.75. The zero-order chi connectivity index (χ0) is 14.5. The van der Waals surface area contributed by atoms with Crippen molar-refractivity contribution in [3.63, 3.8) is 0 Å². The molecule has 0 aromatic rings. The van der Waals surface area contributed by atoms with Crippen molar-refractivity contribution in [3.05, 3.63) is 0 Å². The fraction of sp³-hybridized carbons (Fsp3) is 0.846. The van der Waals surface area contributed by atoms with Gasteiger partial charge in [-0.05, 0) is 40.7 Å². The van der Waals surface area contributed by atoms with Crippen LogP contribution in [0.3, 0.4) is 0 Å². The quantitative estimate of drug-likeness (QED) is 0.751. The van der Waals surface area contributed by atoms with Crippen LogP contribution >= 0.6 is 0 Å². The third kappa shape index (κ3) is 5.46. The molecular formula is C13H24N2O4. The van der Waals surface area contributed by atoms with Crippen molar-refractivity contribution < 1.29 is 19.1 Å². The van der Waals surface area contributed by atoms with Crippen molar-refractivity contribution >= 4 is 12.1 Å². The first-order valence-electron chi connectivity index (χ1n) is 6.70. The van der Waals surface area contributed by atoms with Gasteiger partial charge in [0.2, 0.25) is 0 Å². The molecule has 0 saturated carbocycles. The lowest BCUT2D eigenvalue weighted by Crippen LogP contribution is -2.54. The standard InChI is InChI=1S/C13H24N2O4/c1-5-18-11(16)9-6-7-14-8-10(9)15-12(17)19-13(2,3)4/h9-10,14H,5-8H2,1-4H3,(H,15,17)/t9-,10-/m1/s1. The largest absolute Gasteiger partial charge is 0.466 e. The van der Waals surface area contributed by atoms with Gasteiger partial charge in [0.15, 0.2) is 0 Å². The molecule has 0 radical (unpaired) electrons. The predicted molar refractivity (Wildman–Crippen MR) is 70.8 cm³/mol. The van der Waals surface area contributed by atoms with Crippen LogP contribution in [0, 0.1) is 5.92 Å². The van der Waals surface area contributed by atoms with E-state index in [1.54, 1.807) is 27.7 Å². The molecule has 2 atom stereocenters. The molecule has 2 N–H and O–H groups in total. The number of amides is 1. The molecular weight excluding hydrogens is 248 g/mol. The number of carbonyl (C=O) groups excluding carboxylic acids is 2. The Morgan fingerprint density at radius 3 is 2.63 bits per heavy atom. The molecule has 1 amide bonds. The number of nitrogens with one attached hydrogen (secondary N) is 2. The Morgan fingerprint density at radius 2 is 2.05 bits per heavy atom. The molecule has 110 valence electrons. The first-order valence-corrected chi connectivity index (χ1v) is 6.70. The minimum atomic E-state index is -0.550. The Hall–Kier alpha value is -1.30. The van der Waals surface area contributed by atoms with Crippen molar-refractivity contribution in [3.8, 4) is 0 Å². The van der Waals surface area contributed by atoms with Gasteiger partial charge in [-0.2, -0.15) is 0 Å². The molecule has 1 saturated heterocycles. The van der Waals surface area contributed by atoms with E-state index in [0.717, 1.165) is 6.54 Å². The van der Waals surface area contributed by atoms with Gasteiger partial charge >= 0.3 is 12.1 Å². The summed E-state index contributed by atoms with van der Waals surface area (Å²) in [6, 6.07) is -0.289. The Labute approximate surface area is 114 Å². The van der Waals surface area contributed by atoms with Crippen molar-refractivity contribution in [2.45, 2.75) is 45.8 Å². The van der Waals surface area contributed by atoms with Gasteiger partial charge in [0.05, 0.1) is 18.6 Å². The molecule has 0 bridgehead atoms. The molecule has 0 spiro atoms. The molecule has 1 aliphatic heterocycles. The highest BCUT2D eigenvalue weighted by Crippen LogP contribution is 2.16. The number of piperidine rings is 1. The van der Waals surface area contributed by atoms with Crippen molar-refractivity contribution in [1.82, 2.24) is 10.6 Å². The van der Waals surface area contributed by atoms with Gasteiger partial charge in [0, 0.05) is 6.54 Å². The Bertz CT molecular complexity index is 325. The topological polar surface area (TPSA) is 76.7 Å². The molecule has 6 heteroatoms. The van der Waals surface area contributed by atoms with Crippen LogP contribution in [0.1, 0.15) is 34.1 Å². The highest BCUT2D eigenvalue weighted by atomic mass is 16.6. The molecule has 1 rings (SSSR count). The maximum Gasteiger partial charge on any atom is 0.407 e. The van der Waals surface area contributed by atoms with Crippen LogP contribution in [0.5, 0.6) is 0 Å². The van der Waals surface area contributed by atoms with E-state index in [-0.39, 0.29) is 17.9 Å². The second-order valence-corrected chi connectivity index (χ2v) is 5.60. The molecule has 6 nitrogen and oxygen atoms in total. The Balaban J connectivity index is 2.57. The predicted octanol–water partition coefficient (Wildman–Crippen LogP) is 1.05. The molecule has 1 heterocycles. The van der Waals surface area contributed by atoms with Gasteiger partial charge in [-0.25, -0.2) is 4.79 Å². The molecule has 1 fully saturated rings. The van der Waals surface area contributed by atoms with Crippen LogP contribution < -0.4 is 10.6 Å². The summed E-state index contributed by atoms with van der Waals surface area (Å²) in [5.74, 6) is -0.571. The number of carbonyl (C=O) groups is 2. The van der Waals surface area contributed by atoms with Gasteiger partial charge in [0.25, 0.3) is 0 Å². The second kappa shape index (κ2) is 6.75. The highest BCUT2D eigenvalue weighted by Gasteiger charge is 2.34. The lowest BCUT2D eigenvalue weighted by molar-refractivity contribution is -0.149. The SMILES string of the molecule is CCOC(=O)[C@@H]1CCNC[C@H]1NC(=O)OC(C)(C)C. The molecule has 0 aromatic carbocycles. The maximum atomic E-state index is 11.8. The van der Waals surface area contributed by atoms with E-state index in [2.05, 4.69) is 10.6 Å². The average molecular weight is 272 g/mol. The zero-order valence-corrected chi connectivity index (χ0v) is 12.1. The fourth-order valence-corrected chi connectivity index (χ4v) is 2.00. The summed E-state index contributed by atoms with van der Waals surface area (Å²) in [7, 11) is 0. The maximum absolute atomic E-state index is 11.8. The Morgan fingerprint density at radius 1 is 1.37 bits per heavy atom. The van der Waals surface area contributed by atoms with Gasteiger partial charge in [-0.1, -0.05) is 0 Å². The van der Waals surface area contributed by atoms with Gasteiger partial charge in [-0.15, -0.1) is 0 Å². The third-order valence-corrected chi connectivity index (χ3v) is 2.77. The van der Waals surface area contributed by atoms with Crippen LogP contribution in [0.25, 0.3) is 0 Å². The van der Waals surface area contributed by atoms with E-state index in [4.69, 9.17) is 9.47 Å². The van der Waals surface area contributed by atoms with Gasteiger partial charge < -0.3 is 20.1 Å². The molecule has 0 unspecified atom stereocenters. The summed E-state index contributed by atoms with van der Waals surface area (Å²) in [6.45, 7) is 8.81. The first kappa shape index (κ1) is 15.8. The summed E-state index contributed by atoms with van der Waals surface area (Å²) in [5, 5.41) is 5.89. The van der Waals surface area contributed by atoms with Crippen LogP contribution in [0.4, 0.5) is 4.79 Å². The van der Waals surface area contributed by atoms with Crippen LogP contribution in [0.2, 0.25) is 0 Å². The van der Waals surface area contributed by atoms with E-state index in [9.17, 15) is 9.59 Å². The minimum Gasteiger partial charge on any atom is -0.466 e. The average Bonchev–Trinajstić information content (AvgIpc) is 2.27. The van der Waals surface area contributed by atoms with E-state index >= 15 is 0 Å². The molecule has 0 aliphatic carbocycles. The van der Waals surface area contributed by atoms with E-state index in [0.29, 0.717) is 19.6 Å². The smallest absolute Gasteiger partial charge is 0.407 e. The van der Waals surface area contributed by atoms with E-state index in [1.165, 1.54) is 0 Å². The summed E-state index contributed by atoms with van der Waals surface area (Å²) in [4.78, 5) is 23.6. The number of alkyl carbamates (subject to hydrolysis) is 1. The van der Waals surface area contributed by atoms with Crippen molar-refractivity contribution in [1.29, 1.82) is 0 Å². The summed E-state index contributed by atoms with van der Waals surface area (Å²) >= 11 is 0. The van der Waals surface area contributed by atoms with Crippen LogP contribution in [-0.4, -0.2) is 43.4 Å². The number of rotatable bonds is 3. The fourth-order valence-electron chi connectivity index (χ4n) is 2.00. The second-order valence-electron chi connectivity index (χ2n) is 5.60. The van der Waals surface area contributed by atoms with Crippen molar-refractivity contribution in [2.24, 2.45) is 5.92 Å². The first-order chi connectivity index (χ1) is 8.83. The monoisotopic (exact) mass is 272 g/mol. The third-order valence-electron chi connectivity index (χ3n) is 2.77. The van der Waals surface area contributed by atoms with Crippen LogP contribution in [0.15, 0.2) is 0 Å². The number of hydrogen-bond donors (Lipinski definition) is 2. The molecule has 0 aromatic heterocycles. The summed E-state index contributed by atoms with van der Waals surface area (Å²) in [5.41, 5.74) is -0.550. The van der Waals surface area contributed by atoms with E-state index in [1.807, 2.05) is 0 Å². The number of hydrogen-bond acceptors (Lipinski definition) is 5. The van der Waals surface area contributed by atoms with Crippen molar-refractivity contribution in [2.75, 3.05) is 19.7 Å². The summed E-state index contributed by atoms with van der Waals surface area (Å²) in [6.07, 6.45) is 0.148. The minimum absolute atomic E-state index is 0.259. The number of esters is 1. The zero-order valence-electron chi connectivity index (χ0n) is 12.1. The van der Waals surface area contributed by atoms with Gasteiger partial charge in [0.1, 0.15) is 5.60 Å². The lowest BCUT2D eigenvalue weighted by Gasteiger charge is -2.31. The molecule has 1 aliphatic rings. The normalized spacial score (nSPS) is 23.6. The Kier molecular flexibility index (Phi) is 5.60. The number of ether oxygens (including phenoxy) is 2. The van der Waals surface area contributed by atoms with Gasteiger partial charge in [-0.3, -0.25) is 4.79 Å². The van der Waals surface area contributed by atoms with Crippen LogP contribution in [-0.2, 0) is 14.3 Å². The van der Waals surface area contributed by atoms with E-state index < -0.39 is 11.7 Å².